The Balaban J connectivity index is 2.02. The second kappa shape index (κ2) is 7.51. The Morgan fingerprint density at radius 3 is 2.55 bits per heavy atom. The topological polar surface area (TPSA) is 44.8 Å². The number of halogens is 2. The average molecular weight is 386 g/mol. The van der Waals surface area contributed by atoms with E-state index in [1.807, 2.05) is 13.0 Å². The monoisotopic (exact) mass is 384 g/mol. The largest absolute Gasteiger partial charge is 0.493 e. The highest BCUT2D eigenvalue weighted by molar-refractivity contribution is 9.10. The van der Waals surface area contributed by atoms with Gasteiger partial charge in [0.05, 0.1) is 12.1 Å². The molecule has 0 bridgehead atoms. The summed E-state index contributed by atoms with van der Waals surface area (Å²) in [5.74, 6) is 0.746. The minimum Gasteiger partial charge on any atom is -0.493 e. The average Bonchev–Trinajstić information content (AvgIpc) is 2.46. The summed E-state index contributed by atoms with van der Waals surface area (Å²) in [6, 6.07) is 10.5. The van der Waals surface area contributed by atoms with Gasteiger partial charge in [0.15, 0.2) is 18.1 Å². The molecule has 0 unspecified atom stereocenters. The number of hydrogen-bond acceptors (Lipinski definition) is 4. The first-order valence-corrected chi connectivity index (χ1v) is 7.60. The zero-order valence-electron chi connectivity index (χ0n) is 12.1. The summed E-state index contributed by atoms with van der Waals surface area (Å²) in [5.41, 5.74) is 0.824. The van der Waals surface area contributed by atoms with Gasteiger partial charge in [-0.2, -0.15) is 0 Å². The minimum absolute atomic E-state index is 0.250. The number of esters is 1. The molecule has 0 N–H and O–H groups in total. The van der Waals surface area contributed by atoms with Gasteiger partial charge in [0.25, 0.3) is 0 Å². The van der Waals surface area contributed by atoms with Gasteiger partial charge in [-0.1, -0.05) is 39.7 Å². The molecule has 0 saturated carbocycles. The van der Waals surface area contributed by atoms with Crippen LogP contribution < -0.4 is 14.2 Å². The quantitative estimate of drug-likeness (QED) is 0.565. The number of methoxy groups -OCH3 is 1. The molecule has 2 rings (SSSR count). The Labute approximate surface area is 142 Å². The Bertz CT molecular complexity index is 665. The fourth-order valence-corrected chi connectivity index (χ4v) is 2.88. The number of benzene rings is 2. The number of hydrogen-bond donors (Lipinski definition) is 0. The zero-order valence-corrected chi connectivity index (χ0v) is 14.4. The third-order valence-electron chi connectivity index (χ3n) is 2.82. The van der Waals surface area contributed by atoms with Gasteiger partial charge in [-0.15, -0.1) is 0 Å². The normalized spacial score (nSPS) is 10.2. The summed E-state index contributed by atoms with van der Waals surface area (Å²) in [4.78, 5) is 11.9. The smallest absolute Gasteiger partial charge is 0.349 e. The maximum Gasteiger partial charge on any atom is 0.349 e. The highest BCUT2D eigenvalue weighted by Crippen LogP contribution is 2.32. The Morgan fingerprint density at radius 2 is 1.91 bits per heavy atom. The molecule has 0 radical (unpaired) electrons. The highest BCUT2D eigenvalue weighted by atomic mass is 79.9. The van der Waals surface area contributed by atoms with E-state index in [0.717, 1.165) is 10.0 Å². The lowest BCUT2D eigenvalue weighted by Gasteiger charge is -2.12. The third-order valence-corrected chi connectivity index (χ3v) is 3.56. The Morgan fingerprint density at radius 1 is 1.23 bits per heavy atom. The number of carbonyl (C=O) groups is 1. The fourth-order valence-electron chi connectivity index (χ4n) is 1.86. The van der Waals surface area contributed by atoms with Crippen LogP contribution in [-0.4, -0.2) is 19.7 Å². The molecule has 0 spiro atoms. The third kappa shape index (κ3) is 4.15. The molecule has 0 heterocycles. The van der Waals surface area contributed by atoms with Gasteiger partial charge >= 0.3 is 5.97 Å². The minimum atomic E-state index is -0.539. The Kier molecular flexibility index (Phi) is 5.69. The van der Waals surface area contributed by atoms with E-state index in [4.69, 9.17) is 25.8 Å². The maximum atomic E-state index is 11.9. The second-order valence-electron chi connectivity index (χ2n) is 4.45. The van der Waals surface area contributed by atoms with Crippen molar-refractivity contribution in [3.8, 4) is 17.2 Å². The van der Waals surface area contributed by atoms with Gasteiger partial charge in [0.1, 0.15) is 5.75 Å². The molecule has 0 aliphatic carbocycles. The van der Waals surface area contributed by atoms with Gasteiger partial charge < -0.3 is 14.2 Å². The molecule has 2 aromatic rings. The maximum absolute atomic E-state index is 11.9. The van der Waals surface area contributed by atoms with E-state index in [9.17, 15) is 4.79 Å². The molecule has 0 fully saturated rings. The van der Waals surface area contributed by atoms with Crippen LogP contribution in [0.2, 0.25) is 5.02 Å². The summed E-state index contributed by atoms with van der Waals surface area (Å²) >= 11 is 9.44. The molecule has 116 valence electrons. The van der Waals surface area contributed by atoms with Crippen LogP contribution in [0.1, 0.15) is 5.56 Å². The standard InChI is InChI=1S/C16H14BrClO4/c1-10-7-11(17)8-12(18)16(10)21-9-15(19)22-14-6-4-3-5-13(14)20-2/h3-8H,9H2,1-2H3. The van der Waals surface area contributed by atoms with Crippen LogP contribution in [0.5, 0.6) is 17.2 Å². The van der Waals surface area contributed by atoms with Crippen molar-refractivity contribution in [1.82, 2.24) is 0 Å². The first kappa shape index (κ1) is 16.6. The molecular weight excluding hydrogens is 372 g/mol. The molecule has 0 aliphatic heterocycles. The summed E-state index contributed by atoms with van der Waals surface area (Å²) in [6.07, 6.45) is 0. The van der Waals surface area contributed by atoms with Crippen LogP contribution in [0.15, 0.2) is 40.9 Å². The molecule has 6 heteroatoms. The van der Waals surface area contributed by atoms with E-state index in [1.165, 1.54) is 7.11 Å². The van der Waals surface area contributed by atoms with Crippen molar-refractivity contribution in [2.24, 2.45) is 0 Å². The van der Waals surface area contributed by atoms with E-state index >= 15 is 0 Å². The van der Waals surface area contributed by atoms with E-state index in [1.54, 1.807) is 30.3 Å². The van der Waals surface area contributed by atoms with Gasteiger partial charge in [-0.3, -0.25) is 0 Å². The number of aryl methyl sites for hydroxylation is 1. The summed E-state index contributed by atoms with van der Waals surface area (Å²) < 4.78 is 16.6. The highest BCUT2D eigenvalue weighted by Gasteiger charge is 2.13. The van der Waals surface area contributed by atoms with Gasteiger partial charge in [0, 0.05) is 4.47 Å². The van der Waals surface area contributed by atoms with E-state index < -0.39 is 5.97 Å². The number of carbonyl (C=O) groups excluding carboxylic acids is 1. The molecule has 0 amide bonds. The van der Waals surface area contributed by atoms with Crippen LogP contribution >= 0.6 is 27.5 Å². The number of ether oxygens (including phenoxy) is 3. The first-order chi connectivity index (χ1) is 10.5. The fraction of sp³-hybridized carbons (Fsp3) is 0.188. The van der Waals surface area contributed by atoms with Crippen molar-refractivity contribution >= 4 is 33.5 Å². The van der Waals surface area contributed by atoms with Crippen molar-refractivity contribution in [2.45, 2.75) is 6.92 Å². The molecule has 0 atom stereocenters. The van der Waals surface area contributed by atoms with E-state index in [0.29, 0.717) is 22.3 Å². The SMILES string of the molecule is COc1ccccc1OC(=O)COc1c(C)cc(Br)cc1Cl. The van der Waals surface area contributed by atoms with Crippen molar-refractivity contribution in [3.63, 3.8) is 0 Å². The van der Waals surface area contributed by atoms with Crippen LogP contribution in [0.4, 0.5) is 0 Å². The van der Waals surface area contributed by atoms with Crippen molar-refractivity contribution < 1.29 is 19.0 Å². The van der Waals surface area contributed by atoms with Gasteiger partial charge in [0.2, 0.25) is 0 Å². The van der Waals surface area contributed by atoms with Crippen molar-refractivity contribution in [1.29, 1.82) is 0 Å². The molecule has 2 aromatic carbocycles. The Hall–Kier alpha value is -1.72. The second-order valence-corrected chi connectivity index (χ2v) is 5.77. The number of para-hydroxylation sites is 2. The van der Waals surface area contributed by atoms with Crippen molar-refractivity contribution in [3.05, 3.63) is 51.5 Å². The van der Waals surface area contributed by atoms with Crippen LogP contribution in [0.3, 0.4) is 0 Å². The molecule has 22 heavy (non-hydrogen) atoms. The zero-order chi connectivity index (χ0) is 16.1. The van der Waals surface area contributed by atoms with Gasteiger partial charge in [-0.05, 0) is 36.8 Å². The molecule has 0 aromatic heterocycles. The van der Waals surface area contributed by atoms with Gasteiger partial charge in [-0.25, -0.2) is 4.79 Å². The van der Waals surface area contributed by atoms with Crippen LogP contribution in [0.25, 0.3) is 0 Å². The summed E-state index contributed by atoms with van der Waals surface area (Å²) in [7, 11) is 1.51. The predicted octanol–water partition coefficient (Wildman–Crippen LogP) is 4.40. The first-order valence-electron chi connectivity index (χ1n) is 6.43. The van der Waals surface area contributed by atoms with Crippen LogP contribution in [-0.2, 0) is 4.79 Å². The van der Waals surface area contributed by atoms with Crippen molar-refractivity contribution in [2.75, 3.05) is 13.7 Å². The summed E-state index contributed by atoms with van der Waals surface area (Å²) in [5, 5.41) is 0.428. The predicted molar refractivity (Wildman–Crippen MR) is 88.0 cm³/mol. The summed E-state index contributed by atoms with van der Waals surface area (Å²) in [6.45, 7) is 1.60. The van der Waals surface area contributed by atoms with E-state index in [-0.39, 0.29) is 6.61 Å². The lowest BCUT2D eigenvalue weighted by Crippen LogP contribution is -2.18. The molecule has 0 aliphatic rings. The molecule has 0 saturated heterocycles. The molecule has 4 nitrogen and oxygen atoms in total. The number of rotatable bonds is 5. The molecular formula is C16H14BrClO4. The lowest BCUT2D eigenvalue weighted by atomic mass is 10.2. The van der Waals surface area contributed by atoms with E-state index in [2.05, 4.69) is 15.9 Å². The van der Waals surface area contributed by atoms with Crippen LogP contribution in [0, 0.1) is 6.92 Å². The lowest BCUT2D eigenvalue weighted by molar-refractivity contribution is -0.136.